The largest absolute Gasteiger partial charge is 0.319 e. The van der Waals surface area contributed by atoms with Gasteiger partial charge in [-0.3, -0.25) is 0 Å². The van der Waals surface area contributed by atoms with Crippen LogP contribution < -0.4 is 5.32 Å². The van der Waals surface area contributed by atoms with Crippen LogP contribution in [0, 0.1) is 5.92 Å². The summed E-state index contributed by atoms with van der Waals surface area (Å²) in [5, 5.41) is 3.25. The Labute approximate surface area is 112 Å². The maximum absolute atomic E-state index is 12.6. The number of nitrogens with one attached hydrogen (secondary N) is 1. The van der Waals surface area contributed by atoms with Gasteiger partial charge in [0.2, 0.25) is 0 Å². The molecular formula is C13H27N3OS. The molecule has 0 atom stereocenters. The van der Waals surface area contributed by atoms with Gasteiger partial charge in [-0.25, -0.2) is 8.57 Å². The van der Waals surface area contributed by atoms with E-state index in [0.717, 1.165) is 49.9 Å². The average molecular weight is 273 g/mol. The third-order valence-corrected chi connectivity index (χ3v) is 6.56. The van der Waals surface area contributed by atoms with Crippen LogP contribution in [0.5, 0.6) is 0 Å². The van der Waals surface area contributed by atoms with Gasteiger partial charge in [0, 0.05) is 34.3 Å². The maximum Gasteiger partial charge on any atom is 0.0594 e. The Morgan fingerprint density at radius 2 is 1.83 bits per heavy atom. The van der Waals surface area contributed by atoms with Crippen molar-refractivity contribution < 1.29 is 4.21 Å². The number of rotatable bonds is 3. The predicted octanol–water partition coefficient (Wildman–Crippen LogP) is 1.18. The SMILES string of the molecule is CNCC1CCC(N=S2(=O)CCN(C)CC2)CC1. The predicted molar refractivity (Wildman–Crippen MR) is 77.5 cm³/mol. The molecule has 4 nitrogen and oxygen atoms in total. The zero-order valence-electron chi connectivity index (χ0n) is 11.7. The van der Waals surface area contributed by atoms with Crippen LogP contribution in [0.15, 0.2) is 4.36 Å². The van der Waals surface area contributed by atoms with E-state index in [1.165, 1.54) is 12.8 Å². The van der Waals surface area contributed by atoms with E-state index in [0.29, 0.717) is 6.04 Å². The van der Waals surface area contributed by atoms with E-state index < -0.39 is 9.73 Å². The lowest BCUT2D eigenvalue weighted by Gasteiger charge is -2.29. The molecule has 0 aromatic rings. The van der Waals surface area contributed by atoms with Crippen LogP contribution in [0.25, 0.3) is 0 Å². The van der Waals surface area contributed by atoms with Crippen molar-refractivity contribution in [2.45, 2.75) is 31.7 Å². The van der Waals surface area contributed by atoms with Gasteiger partial charge >= 0.3 is 0 Å². The van der Waals surface area contributed by atoms with Gasteiger partial charge in [-0.1, -0.05) is 0 Å². The first-order valence-electron chi connectivity index (χ1n) is 7.16. The van der Waals surface area contributed by atoms with Crippen molar-refractivity contribution >= 4 is 9.73 Å². The fourth-order valence-electron chi connectivity index (χ4n) is 2.93. The summed E-state index contributed by atoms with van der Waals surface area (Å²) in [4.78, 5) is 2.25. The highest BCUT2D eigenvalue weighted by Gasteiger charge is 2.24. The van der Waals surface area contributed by atoms with E-state index in [-0.39, 0.29) is 0 Å². The molecule has 1 N–H and O–H groups in total. The summed E-state index contributed by atoms with van der Waals surface area (Å²) < 4.78 is 17.4. The monoisotopic (exact) mass is 273 g/mol. The first-order chi connectivity index (χ1) is 8.61. The lowest BCUT2D eigenvalue weighted by Crippen LogP contribution is -2.38. The van der Waals surface area contributed by atoms with Crippen LogP contribution in [0.3, 0.4) is 0 Å². The minimum Gasteiger partial charge on any atom is -0.319 e. The van der Waals surface area contributed by atoms with Crippen LogP contribution >= 0.6 is 0 Å². The Kier molecular flexibility index (Phi) is 5.04. The van der Waals surface area contributed by atoms with Crippen molar-refractivity contribution in [2.75, 3.05) is 45.2 Å². The molecule has 0 radical (unpaired) electrons. The average Bonchev–Trinajstić information content (AvgIpc) is 2.36. The third-order valence-electron chi connectivity index (χ3n) is 4.23. The fourth-order valence-corrected chi connectivity index (χ4v) is 5.29. The first-order valence-corrected chi connectivity index (χ1v) is 9.01. The lowest BCUT2D eigenvalue weighted by atomic mass is 9.86. The Morgan fingerprint density at radius 3 is 2.39 bits per heavy atom. The molecule has 1 saturated heterocycles. The fraction of sp³-hybridized carbons (Fsp3) is 1.00. The molecule has 1 aliphatic carbocycles. The molecule has 106 valence electrons. The smallest absolute Gasteiger partial charge is 0.0594 e. The van der Waals surface area contributed by atoms with Gasteiger partial charge in [-0.15, -0.1) is 0 Å². The molecule has 18 heavy (non-hydrogen) atoms. The molecule has 0 unspecified atom stereocenters. The molecule has 0 spiro atoms. The number of nitrogens with zero attached hydrogens (tertiary/aromatic N) is 2. The highest BCUT2D eigenvalue weighted by atomic mass is 32.2. The standard InChI is InChI=1S/C13H27N3OS/c1-14-11-12-3-5-13(6-4-12)15-18(17)9-7-16(2)8-10-18/h12-14H,3-11H2,1-2H3. The van der Waals surface area contributed by atoms with Gasteiger partial charge in [-0.05, 0) is 52.2 Å². The molecule has 0 aromatic heterocycles. The quantitative estimate of drug-likeness (QED) is 0.840. The zero-order chi connectivity index (χ0) is 13.0. The molecule has 2 rings (SSSR count). The van der Waals surface area contributed by atoms with Crippen LogP contribution in [-0.4, -0.2) is 60.4 Å². The van der Waals surface area contributed by atoms with E-state index in [4.69, 9.17) is 4.36 Å². The van der Waals surface area contributed by atoms with Crippen molar-refractivity contribution in [3.05, 3.63) is 0 Å². The van der Waals surface area contributed by atoms with Crippen molar-refractivity contribution in [3.63, 3.8) is 0 Å². The zero-order valence-corrected chi connectivity index (χ0v) is 12.5. The van der Waals surface area contributed by atoms with E-state index in [9.17, 15) is 4.21 Å². The molecule has 1 heterocycles. The van der Waals surface area contributed by atoms with Gasteiger partial charge in [0.15, 0.2) is 0 Å². The molecule has 5 heteroatoms. The van der Waals surface area contributed by atoms with E-state index in [1.54, 1.807) is 0 Å². The molecule has 0 amide bonds. The van der Waals surface area contributed by atoms with Gasteiger partial charge in [0.25, 0.3) is 0 Å². The Bertz CT molecular complexity index is 354. The molecule has 1 aliphatic heterocycles. The number of hydrogen-bond acceptors (Lipinski definition) is 4. The molecule has 2 fully saturated rings. The third kappa shape index (κ3) is 3.93. The molecule has 1 saturated carbocycles. The Balaban J connectivity index is 1.88. The van der Waals surface area contributed by atoms with Gasteiger partial charge < -0.3 is 10.2 Å². The van der Waals surface area contributed by atoms with Crippen LogP contribution in [0.4, 0.5) is 0 Å². The van der Waals surface area contributed by atoms with Crippen molar-refractivity contribution in [2.24, 2.45) is 10.3 Å². The van der Waals surface area contributed by atoms with Crippen LogP contribution in [0.2, 0.25) is 0 Å². The van der Waals surface area contributed by atoms with Crippen molar-refractivity contribution in [1.82, 2.24) is 10.2 Å². The second kappa shape index (κ2) is 6.35. The molecule has 0 aromatic carbocycles. The normalized spacial score (nSPS) is 33.2. The second-order valence-corrected chi connectivity index (χ2v) is 8.39. The summed E-state index contributed by atoms with van der Waals surface area (Å²) in [6, 6.07) is 0.369. The Morgan fingerprint density at radius 1 is 1.22 bits per heavy atom. The summed E-state index contributed by atoms with van der Waals surface area (Å²) in [6.07, 6.45) is 4.76. The minimum atomic E-state index is -1.88. The van der Waals surface area contributed by atoms with Gasteiger partial charge in [-0.2, -0.15) is 0 Å². The van der Waals surface area contributed by atoms with E-state index >= 15 is 0 Å². The topological polar surface area (TPSA) is 44.7 Å². The molecule has 0 bridgehead atoms. The van der Waals surface area contributed by atoms with Crippen LogP contribution in [0.1, 0.15) is 25.7 Å². The summed E-state index contributed by atoms with van der Waals surface area (Å²) in [7, 11) is 2.23. The summed E-state index contributed by atoms with van der Waals surface area (Å²) >= 11 is 0. The van der Waals surface area contributed by atoms with Gasteiger partial charge in [0.05, 0.1) is 6.04 Å². The molecule has 2 aliphatic rings. The summed E-state index contributed by atoms with van der Waals surface area (Å²) in [6.45, 7) is 3.00. The lowest BCUT2D eigenvalue weighted by molar-refractivity contribution is 0.321. The van der Waals surface area contributed by atoms with E-state index in [2.05, 4.69) is 17.3 Å². The summed E-state index contributed by atoms with van der Waals surface area (Å²) in [5.41, 5.74) is 0. The highest BCUT2D eigenvalue weighted by molar-refractivity contribution is 7.93. The van der Waals surface area contributed by atoms with Crippen LogP contribution in [-0.2, 0) is 9.73 Å². The molecular weight excluding hydrogens is 246 g/mol. The Hall–Kier alpha value is -0.130. The minimum absolute atomic E-state index is 0.369. The maximum atomic E-state index is 12.6. The highest BCUT2D eigenvalue weighted by Crippen LogP contribution is 2.27. The van der Waals surface area contributed by atoms with Crippen molar-refractivity contribution in [3.8, 4) is 0 Å². The first kappa shape index (κ1) is 14.3. The van der Waals surface area contributed by atoms with E-state index in [1.807, 2.05) is 7.05 Å². The van der Waals surface area contributed by atoms with Gasteiger partial charge in [0.1, 0.15) is 0 Å². The second-order valence-electron chi connectivity index (χ2n) is 5.82. The summed E-state index contributed by atoms with van der Waals surface area (Å²) in [5.74, 6) is 2.36. The number of hydrogen-bond donors (Lipinski definition) is 1. The van der Waals surface area contributed by atoms with Crippen molar-refractivity contribution in [1.29, 1.82) is 0 Å².